The SMILES string of the molecule is CN=C(NCCC(c1ccccc1)c1ccccc1)NCC1CCN(S(C)(=O)=O)CC1.I. The Morgan fingerprint density at radius 1 is 1.00 bits per heavy atom. The Labute approximate surface area is 210 Å². The van der Waals surface area contributed by atoms with Gasteiger partial charge in [0.25, 0.3) is 0 Å². The third-order valence-corrected chi connectivity index (χ3v) is 7.26. The maximum atomic E-state index is 11.7. The zero-order valence-electron chi connectivity index (χ0n) is 18.9. The highest BCUT2D eigenvalue weighted by molar-refractivity contribution is 14.0. The molecule has 0 amide bonds. The smallest absolute Gasteiger partial charge is 0.211 e. The molecule has 1 fully saturated rings. The van der Waals surface area contributed by atoms with Gasteiger partial charge in [0.2, 0.25) is 10.0 Å². The van der Waals surface area contributed by atoms with Gasteiger partial charge in [0, 0.05) is 39.1 Å². The Hall–Kier alpha value is -1.65. The van der Waals surface area contributed by atoms with E-state index in [0.29, 0.717) is 24.9 Å². The lowest BCUT2D eigenvalue weighted by Gasteiger charge is -2.30. The van der Waals surface area contributed by atoms with Crippen LogP contribution in [-0.2, 0) is 10.0 Å². The van der Waals surface area contributed by atoms with Crippen LogP contribution in [0.25, 0.3) is 0 Å². The van der Waals surface area contributed by atoms with Gasteiger partial charge in [-0.15, -0.1) is 24.0 Å². The molecule has 176 valence electrons. The highest BCUT2D eigenvalue weighted by Crippen LogP contribution is 2.27. The second-order valence-electron chi connectivity index (χ2n) is 8.15. The van der Waals surface area contributed by atoms with Crippen LogP contribution in [0.5, 0.6) is 0 Å². The van der Waals surface area contributed by atoms with Crippen LogP contribution in [-0.4, -0.2) is 58.2 Å². The number of piperidine rings is 1. The highest BCUT2D eigenvalue weighted by atomic mass is 127. The van der Waals surface area contributed by atoms with E-state index in [2.05, 4.69) is 76.3 Å². The molecule has 0 atom stereocenters. The van der Waals surface area contributed by atoms with Crippen LogP contribution < -0.4 is 10.6 Å². The lowest BCUT2D eigenvalue weighted by atomic mass is 9.88. The topological polar surface area (TPSA) is 73.8 Å². The van der Waals surface area contributed by atoms with Gasteiger partial charge in [-0.1, -0.05) is 60.7 Å². The average molecular weight is 571 g/mol. The van der Waals surface area contributed by atoms with Gasteiger partial charge in [-0.3, -0.25) is 4.99 Å². The summed E-state index contributed by atoms with van der Waals surface area (Å²) in [4.78, 5) is 4.36. The van der Waals surface area contributed by atoms with E-state index >= 15 is 0 Å². The van der Waals surface area contributed by atoms with Gasteiger partial charge in [-0.25, -0.2) is 12.7 Å². The number of halogens is 1. The molecule has 6 nitrogen and oxygen atoms in total. The molecule has 2 aromatic rings. The molecule has 0 spiro atoms. The Balaban J connectivity index is 0.00000363. The number of benzene rings is 2. The highest BCUT2D eigenvalue weighted by Gasteiger charge is 2.24. The number of guanidine groups is 1. The second kappa shape index (κ2) is 13.2. The molecule has 2 N–H and O–H groups in total. The minimum absolute atomic E-state index is 0. The van der Waals surface area contributed by atoms with Crippen LogP contribution in [0.15, 0.2) is 65.7 Å². The van der Waals surface area contributed by atoms with Gasteiger partial charge in [0.15, 0.2) is 5.96 Å². The summed E-state index contributed by atoms with van der Waals surface area (Å²) >= 11 is 0. The van der Waals surface area contributed by atoms with Crippen molar-refractivity contribution < 1.29 is 8.42 Å². The van der Waals surface area contributed by atoms with Gasteiger partial charge in [0.05, 0.1) is 6.26 Å². The zero-order chi connectivity index (χ0) is 22.1. The number of nitrogens with one attached hydrogen (secondary N) is 2. The number of hydrogen-bond acceptors (Lipinski definition) is 3. The van der Waals surface area contributed by atoms with Crippen LogP contribution in [0.1, 0.15) is 36.3 Å². The molecule has 0 bridgehead atoms. The predicted octanol–water partition coefficient (Wildman–Crippen LogP) is 3.66. The number of nitrogens with zero attached hydrogens (tertiary/aromatic N) is 2. The summed E-state index contributed by atoms with van der Waals surface area (Å²) in [5.41, 5.74) is 2.63. The maximum absolute atomic E-state index is 11.7. The Morgan fingerprint density at radius 2 is 1.53 bits per heavy atom. The monoisotopic (exact) mass is 570 g/mol. The molecule has 0 unspecified atom stereocenters. The third-order valence-electron chi connectivity index (χ3n) is 5.95. The van der Waals surface area contributed by atoms with E-state index in [1.54, 1.807) is 11.4 Å². The fourth-order valence-corrected chi connectivity index (χ4v) is 5.01. The minimum Gasteiger partial charge on any atom is -0.356 e. The van der Waals surface area contributed by atoms with Gasteiger partial charge >= 0.3 is 0 Å². The number of sulfonamides is 1. The normalized spacial score (nSPS) is 15.9. The van der Waals surface area contributed by atoms with Crippen molar-refractivity contribution in [1.82, 2.24) is 14.9 Å². The largest absolute Gasteiger partial charge is 0.356 e. The van der Waals surface area contributed by atoms with E-state index in [1.807, 2.05) is 0 Å². The van der Waals surface area contributed by atoms with Crippen molar-refractivity contribution in [1.29, 1.82) is 0 Å². The second-order valence-corrected chi connectivity index (χ2v) is 10.1. The molecule has 8 heteroatoms. The molecule has 0 radical (unpaired) electrons. The first-order valence-electron chi connectivity index (χ1n) is 11.0. The molecule has 1 aliphatic heterocycles. The fraction of sp³-hybridized carbons (Fsp3) is 0.458. The molecule has 1 aliphatic rings. The molecule has 0 aromatic heterocycles. The van der Waals surface area contributed by atoms with E-state index in [-0.39, 0.29) is 24.0 Å². The first-order chi connectivity index (χ1) is 15.0. The molecular formula is C24H35IN4O2S. The summed E-state index contributed by atoms with van der Waals surface area (Å²) in [6.07, 6.45) is 4.00. The summed E-state index contributed by atoms with van der Waals surface area (Å²) in [6, 6.07) is 21.2. The van der Waals surface area contributed by atoms with Crippen molar-refractivity contribution in [2.24, 2.45) is 10.9 Å². The summed E-state index contributed by atoms with van der Waals surface area (Å²) in [5, 5.41) is 6.86. The van der Waals surface area contributed by atoms with Gasteiger partial charge in [-0.2, -0.15) is 0 Å². The van der Waals surface area contributed by atoms with Crippen molar-refractivity contribution in [3.8, 4) is 0 Å². The van der Waals surface area contributed by atoms with Crippen molar-refractivity contribution in [3.05, 3.63) is 71.8 Å². The summed E-state index contributed by atoms with van der Waals surface area (Å²) in [7, 11) is -1.29. The lowest BCUT2D eigenvalue weighted by molar-refractivity contribution is 0.275. The number of rotatable bonds is 8. The van der Waals surface area contributed by atoms with E-state index in [0.717, 1.165) is 38.3 Å². The molecule has 3 rings (SSSR count). The van der Waals surface area contributed by atoms with E-state index < -0.39 is 10.0 Å². The first-order valence-corrected chi connectivity index (χ1v) is 12.8. The quantitative estimate of drug-likeness (QED) is 0.289. The molecule has 0 aliphatic carbocycles. The maximum Gasteiger partial charge on any atom is 0.211 e. The summed E-state index contributed by atoms with van der Waals surface area (Å²) in [5.74, 6) is 1.58. The van der Waals surface area contributed by atoms with Gasteiger partial charge in [-0.05, 0) is 36.3 Å². The minimum atomic E-state index is -3.07. The van der Waals surface area contributed by atoms with Crippen LogP contribution in [0.4, 0.5) is 0 Å². The number of hydrogen-bond donors (Lipinski definition) is 2. The molecule has 2 aromatic carbocycles. The third kappa shape index (κ3) is 8.04. The Bertz CT molecular complexity index is 891. The van der Waals surface area contributed by atoms with Gasteiger partial charge in [0.1, 0.15) is 0 Å². The summed E-state index contributed by atoms with van der Waals surface area (Å²) in [6.45, 7) is 2.82. The van der Waals surface area contributed by atoms with Gasteiger partial charge < -0.3 is 10.6 Å². The summed E-state index contributed by atoms with van der Waals surface area (Å²) < 4.78 is 24.9. The van der Waals surface area contributed by atoms with E-state index in [9.17, 15) is 8.42 Å². The number of aliphatic imine (C=N–C) groups is 1. The molecule has 1 saturated heterocycles. The first kappa shape index (κ1) is 26.6. The average Bonchev–Trinajstić information content (AvgIpc) is 2.79. The fourth-order valence-electron chi connectivity index (χ4n) is 4.14. The van der Waals surface area contributed by atoms with Crippen molar-refractivity contribution in [2.45, 2.75) is 25.2 Å². The standard InChI is InChI=1S/C24H34N4O2S.HI/c1-25-24(27-19-20-14-17-28(18-15-20)31(2,29)30)26-16-13-23(21-9-5-3-6-10-21)22-11-7-4-8-12-22;/h3-12,20,23H,13-19H2,1-2H3,(H2,25,26,27);1H. The van der Waals surface area contributed by atoms with E-state index in [4.69, 9.17) is 0 Å². The zero-order valence-corrected chi connectivity index (χ0v) is 22.1. The van der Waals surface area contributed by atoms with Crippen LogP contribution in [0, 0.1) is 5.92 Å². The molecule has 0 saturated carbocycles. The lowest BCUT2D eigenvalue weighted by Crippen LogP contribution is -2.44. The van der Waals surface area contributed by atoms with Crippen LogP contribution in [0.2, 0.25) is 0 Å². The van der Waals surface area contributed by atoms with Crippen molar-refractivity contribution in [3.63, 3.8) is 0 Å². The predicted molar refractivity (Wildman–Crippen MR) is 143 cm³/mol. The van der Waals surface area contributed by atoms with E-state index in [1.165, 1.54) is 17.4 Å². The van der Waals surface area contributed by atoms with Crippen LogP contribution in [0.3, 0.4) is 0 Å². The van der Waals surface area contributed by atoms with Crippen molar-refractivity contribution in [2.75, 3.05) is 39.5 Å². The molecular weight excluding hydrogens is 535 g/mol. The molecule has 32 heavy (non-hydrogen) atoms. The van der Waals surface area contributed by atoms with Crippen molar-refractivity contribution >= 4 is 40.0 Å². The Morgan fingerprint density at radius 3 is 2.00 bits per heavy atom. The Kier molecular flexibility index (Phi) is 10.9. The van der Waals surface area contributed by atoms with Crippen LogP contribution >= 0.6 is 24.0 Å². The molecule has 1 heterocycles.